The van der Waals surface area contributed by atoms with E-state index in [4.69, 9.17) is 0 Å². The molecule has 5 nitrogen and oxygen atoms in total. The Hall–Kier alpha value is -1.10. The molecule has 0 aromatic rings. The Labute approximate surface area is 89.8 Å². The van der Waals surface area contributed by atoms with E-state index < -0.39 is 0 Å². The van der Waals surface area contributed by atoms with Crippen LogP contribution in [0.15, 0.2) is 0 Å². The molecule has 1 aliphatic rings. The highest BCUT2D eigenvalue weighted by atomic mass is 16.5. The second kappa shape index (κ2) is 5.70. The van der Waals surface area contributed by atoms with Gasteiger partial charge in [0, 0.05) is 26.6 Å². The van der Waals surface area contributed by atoms with Crippen LogP contribution in [-0.2, 0) is 14.3 Å². The second-order valence-corrected chi connectivity index (χ2v) is 3.73. The van der Waals surface area contributed by atoms with Crippen LogP contribution in [0.5, 0.6) is 0 Å². The Morgan fingerprint density at radius 2 is 2.27 bits per heavy atom. The van der Waals surface area contributed by atoms with Crippen molar-refractivity contribution in [1.82, 2.24) is 10.2 Å². The van der Waals surface area contributed by atoms with Crippen LogP contribution < -0.4 is 5.32 Å². The molecule has 1 atom stereocenters. The van der Waals surface area contributed by atoms with Gasteiger partial charge in [0.15, 0.2) is 0 Å². The Balaban J connectivity index is 2.24. The summed E-state index contributed by atoms with van der Waals surface area (Å²) in [4.78, 5) is 24.4. The smallest absolute Gasteiger partial charge is 0.310 e. The maximum atomic E-state index is 11.2. The van der Waals surface area contributed by atoms with Gasteiger partial charge in [-0.3, -0.25) is 9.59 Å². The molecule has 0 aromatic heterocycles. The number of rotatable bonds is 4. The van der Waals surface area contributed by atoms with Gasteiger partial charge in [-0.15, -0.1) is 0 Å². The first kappa shape index (κ1) is 12.0. The summed E-state index contributed by atoms with van der Waals surface area (Å²) in [5.41, 5.74) is 0. The number of nitrogens with one attached hydrogen (secondary N) is 1. The number of methoxy groups -OCH3 is 1. The van der Waals surface area contributed by atoms with Gasteiger partial charge in [0.2, 0.25) is 5.91 Å². The molecule has 0 bridgehead atoms. The van der Waals surface area contributed by atoms with E-state index >= 15 is 0 Å². The molecule has 0 aromatic carbocycles. The molecule has 15 heavy (non-hydrogen) atoms. The monoisotopic (exact) mass is 214 g/mol. The van der Waals surface area contributed by atoms with Crippen molar-refractivity contribution in [2.75, 3.05) is 33.8 Å². The lowest BCUT2D eigenvalue weighted by Crippen LogP contribution is -2.29. The van der Waals surface area contributed by atoms with E-state index in [0.29, 0.717) is 19.5 Å². The second-order valence-electron chi connectivity index (χ2n) is 3.73. The van der Waals surface area contributed by atoms with Crippen molar-refractivity contribution < 1.29 is 14.3 Å². The molecule has 5 heteroatoms. The Morgan fingerprint density at radius 1 is 1.53 bits per heavy atom. The van der Waals surface area contributed by atoms with Crippen molar-refractivity contribution in [1.29, 1.82) is 0 Å². The zero-order valence-electron chi connectivity index (χ0n) is 9.28. The lowest BCUT2D eigenvalue weighted by atomic mass is 10.1. The van der Waals surface area contributed by atoms with Crippen molar-refractivity contribution in [3.63, 3.8) is 0 Å². The molecule has 1 rings (SSSR count). The Bertz CT molecular complexity index is 243. The standard InChI is InChI=1S/C10H18N2O3/c1-11-9(13)4-6-12-5-3-8(7-12)10(14)15-2/h8H,3-7H2,1-2H3,(H,11,13). The zero-order valence-corrected chi connectivity index (χ0v) is 9.28. The number of nitrogens with zero attached hydrogens (tertiary/aromatic N) is 1. The average Bonchev–Trinajstić information content (AvgIpc) is 2.73. The Morgan fingerprint density at radius 3 is 2.87 bits per heavy atom. The summed E-state index contributed by atoms with van der Waals surface area (Å²) in [6, 6.07) is 0. The van der Waals surface area contributed by atoms with Crippen LogP contribution in [0.2, 0.25) is 0 Å². The van der Waals surface area contributed by atoms with Crippen LogP contribution >= 0.6 is 0 Å². The van der Waals surface area contributed by atoms with Gasteiger partial charge in [-0.1, -0.05) is 0 Å². The van der Waals surface area contributed by atoms with Crippen LogP contribution in [0, 0.1) is 5.92 Å². The number of hydrogen-bond acceptors (Lipinski definition) is 4. The average molecular weight is 214 g/mol. The van der Waals surface area contributed by atoms with E-state index in [-0.39, 0.29) is 17.8 Å². The highest BCUT2D eigenvalue weighted by Gasteiger charge is 2.28. The molecule has 1 heterocycles. The van der Waals surface area contributed by atoms with Crippen LogP contribution in [0.25, 0.3) is 0 Å². The third-order valence-electron chi connectivity index (χ3n) is 2.74. The van der Waals surface area contributed by atoms with Crippen molar-refractivity contribution in [2.24, 2.45) is 5.92 Å². The first-order valence-corrected chi connectivity index (χ1v) is 5.18. The summed E-state index contributed by atoms with van der Waals surface area (Å²) in [5.74, 6) is -0.117. The van der Waals surface area contributed by atoms with Crippen molar-refractivity contribution in [3.05, 3.63) is 0 Å². The maximum Gasteiger partial charge on any atom is 0.310 e. The molecule has 1 unspecified atom stereocenters. The lowest BCUT2D eigenvalue weighted by molar-refractivity contribution is -0.144. The number of esters is 1. The van der Waals surface area contributed by atoms with E-state index in [0.717, 1.165) is 13.0 Å². The number of carbonyl (C=O) groups excluding carboxylic acids is 2. The van der Waals surface area contributed by atoms with E-state index in [2.05, 4.69) is 15.0 Å². The van der Waals surface area contributed by atoms with Gasteiger partial charge >= 0.3 is 5.97 Å². The SMILES string of the molecule is CNC(=O)CCN1CCC(C(=O)OC)C1. The number of hydrogen-bond donors (Lipinski definition) is 1. The number of likely N-dealkylation sites (tertiary alicyclic amines) is 1. The summed E-state index contributed by atoms with van der Waals surface area (Å²) < 4.78 is 4.68. The van der Waals surface area contributed by atoms with Crippen molar-refractivity contribution in [3.8, 4) is 0 Å². The van der Waals surface area contributed by atoms with Gasteiger partial charge < -0.3 is 15.0 Å². The van der Waals surface area contributed by atoms with Gasteiger partial charge in [-0.2, -0.15) is 0 Å². The molecule has 1 N–H and O–H groups in total. The molecular weight excluding hydrogens is 196 g/mol. The fourth-order valence-corrected chi connectivity index (χ4v) is 1.78. The van der Waals surface area contributed by atoms with Crippen LogP contribution in [0.3, 0.4) is 0 Å². The fourth-order valence-electron chi connectivity index (χ4n) is 1.78. The third kappa shape index (κ3) is 3.51. The van der Waals surface area contributed by atoms with Crippen LogP contribution in [0.1, 0.15) is 12.8 Å². The van der Waals surface area contributed by atoms with Gasteiger partial charge in [0.25, 0.3) is 0 Å². The lowest BCUT2D eigenvalue weighted by Gasteiger charge is -2.14. The van der Waals surface area contributed by atoms with Crippen molar-refractivity contribution >= 4 is 11.9 Å². The molecule has 86 valence electrons. The number of carbonyl (C=O) groups is 2. The summed E-state index contributed by atoms with van der Waals surface area (Å²) in [6.45, 7) is 2.30. The van der Waals surface area contributed by atoms with Gasteiger partial charge in [0.1, 0.15) is 0 Å². The third-order valence-corrected chi connectivity index (χ3v) is 2.74. The molecule has 0 aliphatic carbocycles. The molecule has 0 radical (unpaired) electrons. The van der Waals surface area contributed by atoms with Gasteiger partial charge in [0.05, 0.1) is 13.0 Å². The highest BCUT2D eigenvalue weighted by molar-refractivity contribution is 5.75. The topological polar surface area (TPSA) is 58.6 Å². The molecule has 0 saturated carbocycles. The van der Waals surface area contributed by atoms with Crippen molar-refractivity contribution in [2.45, 2.75) is 12.8 Å². The first-order chi connectivity index (χ1) is 7.17. The van der Waals surface area contributed by atoms with Crippen LogP contribution in [-0.4, -0.2) is 50.6 Å². The summed E-state index contributed by atoms with van der Waals surface area (Å²) >= 11 is 0. The molecule has 0 spiro atoms. The summed E-state index contributed by atoms with van der Waals surface area (Å²) in [6.07, 6.45) is 1.32. The quantitative estimate of drug-likeness (QED) is 0.648. The van der Waals surface area contributed by atoms with Crippen LogP contribution in [0.4, 0.5) is 0 Å². The fraction of sp³-hybridized carbons (Fsp3) is 0.800. The number of amides is 1. The Kier molecular flexibility index (Phi) is 4.55. The van der Waals surface area contributed by atoms with E-state index in [9.17, 15) is 9.59 Å². The number of ether oxygens (including phenoxy) is 1. The highest BCUT2D eigenvalue weighted by Crippen LogP contribution is 2.17. The maximum absolute atomic E-state index is 11.2. The van der Waals surface area contributed by atoms with Gasteiger partial charge in [-0.05, 0) is 13.0 Å². The molecular formula is C10H18N2O3. The van der Waals surface area contributed by atoms with E-state index in [1.165, 1.54) is 7.11 Å². The van der Waals surface area contributed by atoms with E-state index in [1.807, 2.05) is 0 Å². The summed E-state index contributed by atoms with van der Waals surface area (Å²) in [7, 11) is 3.04. The molecule has 1 amide bonds. The summed E-state index contributed by atoms with van der Waals surface area (Å²) in [5, 5.41) is 2.58. The molecule has 1 aliphatic heterocycles. The normalized spacial score (nSPS) is 21.3. The minimum Gasteiger partial charge on any atom is -0.469 e. The zero-order chi connectivity index (χ0) is 11.3. The minimum atomic E-state index is -0.141. The van der Waals surface area contributed by atoms with Gasteiger partial charge in [-0.25, -0.2) is 0 Å². The minimum absolute atomic E-state index is 0.0142. The molecule has 1 saturated heterocycles. The van der Waals surface area contributed by atoms with E-state index in [1.54, 1.807) is 7.05 Å². The molecule has 1 fully saturated rings. The first-order valence-electron chi connectivity index (χ1n) is 5.18. The predicted molar refractivity (Wildman–Crippen MR) is 55.2 cm³/mol. The predicted octanol–water partition coefficient (Wildman–Crippen LogP) is -0.383. The largest absolute Gasteiger partial charge is 0.469 e.